The molecule has 0 rings (SSSR count). The number of carbonyl (C=O) groups is 6. The van der Waals surface area contributed by atoms with E-state index in [1.54, 1.807) is 0 Å². The van der Waals surface area contributed by atoms with E-state index in [0.29, 0.717) is 25.7 Å². The minimum absolute atomic E-state index is 0. The standard InChI is InChI=1S/2C9H16O5.2C8H14O4.K.H/c2*1-7(2)8(13)14-6-9(3-10,4-11)5-12;2*9-7(10)5-3-1-2-4-6-8(11)12;;/h2*10-12H,1,3-6H2,2H3;2*1-6H2,(H,9,10)(H,11,12);;/q;;;;+1;-1. The molecule has 0 spiro atoms. The van der Waals surface area contributed by atoms with Crippen molar-refractivity contribution in [2.45, 2.75) is 90.9 Å². The molecule has 0 unspecified atom stereocenters. The second kappa shape index (κ2) is 38.0. The van der Waals surface area contributed by atoms with E-state index in [9.17, 15) is 28.8 Å². The summed E-state index contributed by atoms with van der Waals surface area (Å²) in [6.07, 6.45) is 6.56. The van der Waals surface area contributed by atoms with Crippen LogP contribution in [0.25, 0.3) is 0 Å². The van der Waals surface area contributed by atoms with Crippen LogP contribution >= 0.6 is 0 Å². The van der Waals surface area contributed by atoms with Gasteiger partial charge in [-0.25, -0.2) is 9.59 Å². The van der Waals surface area contributed by atoms with E-state index in [-0.39, 0.29) is 103 Å². The van der Waals surface area contributed by atoms with Gasteiger partial charge in [-0.1, -0.05) is 38.8 Å². The van der Waals surface area contributed by atoms with Gasteiger partial charge in [0, 0.05) is 36.8 Å². The number of hydrogen-bond donors (Lipinski definition) is 10. The summed E-state index contributed by atoms with van der Waals surface area (Å²) in [6, 6.07) is 0. The van der Waals surface area contributed by atoms with Crippen molar-refractivity contribution in [1.82, 2.24) is 0 Å². The third kappa shape index (κ3) is 39.2. The van der Waals surface area contributed by atoms with E-state index >= 15 is 0 Å². The molecule has 0 heterocycles. The molecule has 19 heteroatoms. The van der Waals surface area contributed by atoms with Crippen LogP contribution in [0.15, 0.2) is 24.3 Å². The molecule has 18 nitrogen and oxygen atoms in total. The number of aliphatic hydroxyl groups is 6. The number of aliphatic carboxylic acids is 4. The fourth-order valence-electron chi connectivity index (χ4n) is 3.07. The van der Waals surface area contributed by atoms with Crippen LogP contribution in [0.5, 0.6) is 0 Å². The molecule has 0 fully saturated rings. The van der Waals surface area contributed by atoms with E-state index < -0.39 is 86.3 Å². The van der Waals surface area contributed by atoms with Gasteiger partial charge in [-0.15, -0.1) is 0 Å². The number of rotatable bonds is 26. The number of hydrogen-bond acceptors (Lipinski definition) is 14. The summed E-state index contributed by atoms with van der Waals surface area (Å²) >= 11 is 0. The zero-order valence-electron chi connectivity index (χ0n) is 32.3. The Balaban J connectivity index is -0.000000141. The Hall–Kier alpha value is -2.30. The molecule has 0 aliphatic carbocycles. The first-order valence-corrected chi connectivity index (χ1v) is 16.5. The predicted molar refractivity (Wildman–Crippen MR) is 186 cm³/mol. The van der Waals surface area contributed by atoms with Crippen molar-refractivity contribution in [1.29, 1.82) is 0 Å². The summed E-state index contributed by atoms with van der Waals surface area (Å²) in [4.78, 5) is 62.1. The zero-order chi connectivity index (χ0) is 41.2. The van der Waals surface area contributed by atoms with Crippen molar-refractivity contribution in [3.05, 3.63) is 24.3 Å². The van der Waals surface area contributed by atoms with Crippen molar-refractivity contribution in [2.75, 3.05) is 52.9 Å². The van der Waals surface area contributed by atoms with Gasteiger partial charge in [0.2, 0.25) is 0 Å². The Morgan fingerprint density at radius 3 is 0.774 bits per heavy atom. The number of carboxylic acids is 4. The van der Waals surface area contributed by atoms with Gasteiger partial charge in [0.1, 0.15) is 13.2 Å². The molecule has 0 aromatic heterocycles. The molecule has 0 aromatic carbocycles. The van der Waals surface area contributed by atoms with Gasteiger partial charge in [-0.3, -0.25) is 19.2 Å². The average Bonchev–Trinajstić information content (AvgIpc) is 3.09. The normalized spacial score (nSPS) is 10.3. The van der Waals surface area contributed by atoms with E-state index in [4.69, 9.17) is 60.5 Å². The van der Waals surface area contributed by atoms with Crippen molar-refractivity contribution in [2.24, 2.45) is 10.8 Å². The minimum Gasteiger partial charge on any atom is -1.00 e. The minimum atomic E-state index is -1.18. The summed E-state index contributed by atoms with van der Waals surface area (Å²) in [6.45, 7) is 6.52. The number of carbonyl (C=O) groups excluding carboxylic acids is 2. The molecule has 53 heavy (non-hydrogen) atoms. The van der Waals surface area contributed by atoms with Crippen molar-refractivity contribution < 1.29 is 142 Å². The predicted octanol–water partition coefficient (Wildman–Crippen LogP) is -1.75. The van der Waals surface area contributed by atoms with Crippen molar-refractivity contribution >= 4 is 35.8 Å². The van der Waals surface area contributed by atoms with Crippen LogP contribution in [0.2, 0.25) is 0 Å². The van der Waals surface area contributed by atoms with Crippen LogP contribution in [0, 0.1) is 10.8 Å². The van der Waals surface area contributed by atoms with E-state index in [1.165, 1.54) is 13.8 Å². The molecule has 0 atom stereocenters. The van der Waals surface area contributed by atoms with Gasteiger partial charge in [0.15, 0.2) is 0 Å². The van der Waals surface area contributed by atoms with Crippen LogP contribution < -0.4 is 51.4 Å². The maximum Gasteiger partial charge on any atom is 1.00 e. The monoisotopic (exact) mass is 796 g/mol. The molecule has 0 saturated carbocycles. The summed E-state index contributed by atoms with van der Waals surface area (Å²) in [5.41, 5.74) is -1.89. The second-order valence-electron chi connectivity index (χ2n) is 12.1. The van der Waals surface area contributed by atoms with Gasteiger partial charge in [0.05, 0.1) is 50.5 Å². The summed E-state index contributed by atoms with van der Waals surface area (Å²) in [5.74, 6) is -4.35. The maximum absolute atomic E-state index is 11.0. The van der Waals surface area contributed by atoms with Crippen molar-refractivity contribution in [3.8, 4) is 0 Å². The molecule has 0 radical (unpaired) electrons. The zero-order valence-corrected chi connectivity index (χ0v) is 34.4. The number of unbranched alkanes of at least 4 members (excludes halogenated alkanes) is 6. The van der Waals surface area contributed by atoms with Crippen LogP contribution in [-0.4, -0.2) is 140 Å². The largest absolute Gasteiger partial charge is 1.00 e. The first kappa shape index (κ1) is 60.0. The Morgan fingerprint density at radius 1 is 0.453 bits per heavy atom. The van der Waals surface area contributed by atoms with E-state index in [0.717, 1.165) is 25.7 Å². The number of ether oxygens (including phenoxy) is 2. The second-order valence-corrected chi connectivity index (χ2v) is 12.1. The Kier molecular flexibility index (Phi) is 43.0. The molecule has 0 bridgehead atoms. The quantitative estimate of drug-likeness (QED) is 0.0201. The maximum atomic E-state index is 11.0. The van der Waals surface area contributed by atoms with Gasteiger partial charge < -0.3 is 62.0 Å². The smallest absolute Gasteiger partial charge is 1.00 e. The van der Waals surface area contributed by atoms with Crippen LogP contribution in [-0.2, 0) is 38.2 Å². The summed E-state index contributed by atoms with van der Waals surface area (Å²) in [5, 5.41) is 86.4. The first-order valence-electron chi connectivity index (χ1n) is 16.5. The molecule has 0 amide bonds. The third-order valence-electron chi connectivity index (χ3n) is 6.79. The van der Waals surface area contributed by atoms with Crippen LogP contribution in [0.4, 0.5) is 0 Å². The molecular formula is C34H61KO18. The number of carboxylic acid groups (broad SMARTS) is 4. The van der Waals surface area contributed by atoms with Crippen molar-refractivity contribution in [3.63, 3.8) is 0 Å². The van der Waals surface area contributed by atoms with Gasteiger partial charge in [-0.2, -0.15) is 0 Å². The topological polar surface area (TPSA) is 323 Å². The van der Waals surface area contributed by atoms with E-state index in [2.05, 4.69) is 13.2 Å². The summed E-state index contributed by atoms with van der Waals surface area (Å²) in [7, 11) is 0. The Morgan fingerprint density at radius 2 is 0.642 bits per heavy atom. The molecule has 0 saturated heterocycles. The first-order chi connectivity index (χ1) is 24.3. The Labute approximate surface area is 354 Å². The number of esters is 2. The van der Waals surface area contributed by atoms with Crippen LogP contribution in [0.1, 0.15) is 92.3 Å². The van der Waals surface area contributed by atoms with Gasteiger partial charge >= 0.3 is 87.2 Å². The van der Waals surface area contributed by atoms with Gasteiger partial charge in [0.25, 0.3) is 0 Å². The molecule has 0 aliphatic rings. The average molecular weight is 797 g/mol. The third-order valence-corrected chi connectivity index (χ3v) is 6.79. The molecule has 10 N–H and O–H groups in total. The van der Waals surface area contributed by atoms with Crippen LogP contribution in [0.3, 0.4) is 0 Å². The molecular weight excluding hydrogens is 735 g/mol. The fraction of sp³-hybridized carbons (Fsp3) is 0.706. The number of aliphatic hydroxyl groups excluding tert-OH is 6. The molecule has 306 valence electrons. The fourth-order valence-corrected chi connectivity index (χ4v) is 3.07. The Bertz CT molecular complexity index is 927. The molecule has 0 aliphatic heterocycles. The molecule has 0 aromatic rings. The SMILES string of the molecule is C=C(C)C(=O)OCC(CO)(CO)CO.C=C(C)C(=O)OCC(CO)(CO)CO.O=C(O)CCCCCCC(=O)O.O=C(O)CCCCCCC(=O)O.[H-].[K+]. The van der Waals surface area contributed by atoms with Gasteiger partial charge in [-0.05, 0) is 39.5 Å². The summed E-state index contributed by atoms with van der Waals surface area (Å²) < 4.78 is 9.45. The van der Waals surface area contributed by atoms with E-state index in [1.807, 2.05) is 0 Å².